The number of amides is 1. The number of anilines is 2. The summed E-state index contributed by atoms with van der Waals surface area (Å²) in [6, 6.07) is 15.8. The maximum Gasteiger partial charge on any atom is 0.416 e. The van der Waals surface area contributed by atoms with E-state index in [2.05, 4.69) is 23.7 Å². The van der Waals surface area contributed by atoms with Gasteiger partial charge in [-0.3, -0.25) is 9.69 Å². The standard InChI is InChI=1S/C30H32F3N3O2/c1-5-35(6-2)15-8-16-38-25-13-11-24(12-14-25)36-28-21(4)17-20(3)18-26(28)27(29(36)37)34-23-10-7-9-22(19-23)30(31,32)33/h7,9-14,17-19H,5-6,8,15-16H2,1-4H3. The second-order valence-corrected chi connectivity index (χ2v) is 9.35. The van der Waals surface area contributed by atoms with Crippen LogP contribution in [0.1, 0.15) is 42.5 Å². The third-order valence-corrected chi connectivity index (χ3v) is 6.62. The minimum Gasteiger partial charge on any atom is -0.494 e. The van der Waals surface area contributed by atoms with Gasteiger partial charge in [0.2, 0.25) is 0 Å². The Hall–Kier alpha value is -3.65. The van der Waals surface area contributed by atoms with Crippen molar-refractivity contribution in [3.63, 3.8) is 0 Å². The van der Waals surface area contributed by atoms with E-state index in [1.54, 1.807) is 4.90 Å². The number of hydrogen-bond donors (Lipinski definition) is 0. The number of ether oxygens (including phenoxy) is 1. The topological polar surface area (TPSA) is 45.1 Å². The summed E-state index contributed by atoms with van der Waals surface area (Å²) in [6.45, 7) is 11.7. The normalized spacial score (nSPS) is 14.5. The van der Waals surface area contributed by atoms with E-state index in [0.717, 1.165) is 49.3 Å². The minimum atomic E-state index is -4.50. The first-order valence-corrected chi connectivity index (χ1v) is 12.8. The summed E-state index contributed by atoms with van der Waals surface area (Å²) in [7, 11) is 0. The smallest absolute Gasteiger partial charge is 0.416 e. The van der Waals surface area contributed by atoms with Crippen molar-refractivity contribution in [2.75, 3.05) is 31.1 Å². The molecule has 3 aromatic carbocycles. The van der Waals surface area contributed by atoms with Crippen LogP contribution in [0.3, 0.4) is 0 Å². The fourth-order valence-electron chi connectivity index (χ4n) is 4.70. The number of rotatable bonds is 9. The van der Waals surface area contributed by atoms with Gasteiger partial charge in [-0.15, -0.1) is 0 Å². The average Bonchev–Trinajstić information content (AvgIpc) is 3.15. The monoisotopic (exact) mass is 523 g/mol. The zero-order valence-electron chi connectivity index (χ0n) is 22.1. The SMILES string of the molecule is CCN(CC)CCCOc1ccc(N2C(=O)C(=Nc3cccc(C(F)(F)F)c3)c3cc(C)cc(C)c32)cc1. The van der Waals surface area contributed by atoms with Crippen molar-refractivity contribution >= 4 is 28.7 Å². The average molecular weight is 524 g/mol. The van der Waals surface area contributed by atoms with Gasteiger partial charge in [-0.1, -0.05) is 31.5 Å². The van der Waals surface area contributed by atoms with Gasteiger partial charge in [-0.25, -0.2) is 4.99 Å². The summed E-state index contributed by atoms with van der Waals surface area (Å²) in [5.74, 6) is 0.317. The van der Waals surface area contributed by atoms with Crippen LogP contribution in [-0.4, -0.2) is 42.8 Å². The Labute approximate surface area is 221 Å². The van der Waals surface area contributed by atoms with E-state index in [1.807, 2.05) is 50.2 Å². The van der Waals surface area contributed by atoms with Gasteiger partial charge in [-0.2, -0.15) is 13.2 Å². The van der Waals surface area contributed by atoms with E-state index in [-0.39, 0.29) is 17.3 Å². The van der Waals surface area contributed by atoms with Gasteiger partial charge in [0.05, 0.1) is 23.5 Å². The highest BCUT2D eigenvalue weighted by atomic mass is 19.4. The fraction of sp³-hybridized carbons (Fsp3) is 0.333. The summed E-state index contributed by atoms with van der Waals surface area (Å²) in [6.07, 6.45) is -3.59. The number of benzene rings is 3. The van der Waals surface area contributed by atoms with Crippen molar-refractivity contribution in [3.05, 3.63) is 82.9 Å². The van der Waals surface area contributed by atoms with Crippen molar-refractivity contribution in [2.24, 2.45) is 4.99 Å². The quantitative estimate of drug-likeness (QED) is 0.278. The molecule has 3 aromatic rings. The molecule has 200 valence electrons. The second kappa shape index (κ2) is 11.4. The van der Waals surface area contributed by atoms with Crippen LogP contribution in [0.15, 0.2) is 65.7 Å². The molecule has 4 rings (SSSR count). The molecule has 1 heterocycles. The van der Waals surface area contributed by atoms with E-state index in [0.29, 0.717) is 29.3 Å². The lowest BCUT2D eigenvalue weighted by molar-refractivity contribution is -0.137. The molecule has 0 unspecified atom stereocenters. The van der Waals surface area contributed by atoms with Gasteiger partial charge in [0, 0.05) is 17.8 Å². The van der Waals surface area contributed by atoms with Gasteiger partial charge in [-0.05, 0) is 87.5 Å². The lowest BCUT2D eigenvalue weighted by atomic mass is 10.0. The number of aryl methyl sites for hydroxylation is 2. The van der Waals surface area contributed by atoms with E-state index in [4.69, 9.17) is 4.74 Å². The molecule has 1 aliphatic heterocycles. The number of alkyl halides is 3. The van der Waals surface area contributed by atoms with Gasteiger partial charge in [0.1, 0.15) is 11.5 Å². The van der Waals surface area contributed by atoms with Gasteiger partial charge < -0.3 is 9.64 Å². The summed E-state index contributed by atoms with van der Waals surface area (Å²) in [5.41, 5.74) is 3.09. The molecular weight excluding hydrogens is 491 g/mol. The first-order valence-electron chi connectivity index (χ1n) is 12.8. The Kier molecular flexibility index (Phi) is 8.21. The summed E-state index contributed by atoms with van der Waals surface area (Å²) < 4.78 is 45.6. The number of hydrogen-bond acceptors (Lipinski definition) is 4. The highest BCUT2D eigenvalue weighted by molar-refractivity contribution is 6.56. The minimum absolute atomic E-state index is 0.0728. The maximum atomic E-state index is 13.7. The van der Waals surface area contributed by atoms with Gasteiger partial charge >= 0.3 is 6.18 Å². The highest BCUT2D eigenvalue weighted by Gasteiger charge is 2.37. The number of carbonyl (C=O) groups excluding carboxylic acids is 1. The van der Waals surface area contributed by atoms with Crippen LogP contribution in [-0.2, 0) is 11.0 Å². The number of halogens is 3. The summed E-state index contributed by atoms with van der Waals surface area (Å²) in [4.78, 5) is 22.0. The maximum absolute atomic E-state index is 13.7. The van der Waals surface area contributed by atoms with E-state index < -0.39 is 11.7 Å². The van der Waals surface area contributed by atoms with Crippen LogP contribution >= 0.6 is 0 Å². The molecule has 5 nitrogen and oxygen atoms in total. The van der Waals surface area contributed by atoms with Crippen LogP contribution in [0.5, 0.6) is 5.75 Å². The molecule has 0 bridgehead atoms. The molecule has 0 saturated carbocycles. The van der Waals surface area contributed by atoms with Crippen LogP contribution in [0.4, 0.5) is 30.2 Å². The molecule has 38 heavy (non-hydrogen) atoms. The summed E-state index contributed by atoms with van der Waals surface area (Å²) in [5, 5.41) is 0. The zero-order chi connectivity index (χ0) is 27.4. The number of carbonyl (C=O) groups is 1. The molecule has 0 spiro atoms. The Morgan fingerprint density at radius 3 is 2.34 bits per heavy atom. The molecule has 0 N–H and O–H groups in total. The van der Waals surface area contributed by atoms with Crippen molar-refractivity contribution in [1.29, 1.82) is 0 Å². The first-order chi connectivity index (χ1) is 18.1. The van der Waals surface area contributed by atoms with Crippen LogP contribution in [0.25, 0.3) is 0 Å². The predicted octanol–water partition coefficient (Wildman–Crippen LogP) is 7.23. The Morgan fingerprint density at radius 1 is 0.974 bits per heavy atom. The molecule has 0 fully saturated rings. The van der Waals surface area contributed by atoms with Gasteiger partial charge in [0.15, 0.2) is 0 Å². The molecule has 1 amide bonds. The number of fused-ring (bicyclic) bond motifs is 1. The third-order valence-electron chi connectivity index (χ3n) is 6.62. The lowest BCUT2D eigenvalue weighted by Gasteiger charge is -2.20. The Bertz CT molecular complexity index is 1330. The largest absolute Gasteiger partial charge is 0.494 e. The molecule has 1 aliphatic rings. The number of aliphatic imine (C=N–C) groups is 1. The van der Waals surface area contributed by atoms with Crippen molar-refractivity contribution < 1.29 is 22.7 Å². The van der Waals surface area contributed by atoms with Crippen LogP contribution in [0.2, 0.25) is 0 Å². The molecule has 0 atom stereocenters. The van der Waals surface area contributed by atoms with Crippen molar-refractivity contribution in [1.82, 2.24) is 4.90 Å². The van der Waals surface area contributed by atoms with E-state index in [9.17, 15) is 18.0 Å². The molecular formula is C30H32F3N3O2. The van der Waals surface area contributed by atoms with Gasteiger partial charge in [0.25, 0.3) is 5.91 Å². The van der Waals surface area contributed by atoms with E-state index in [1.165, 1.54) is 12.1 Å². The lowest BCUT2D eigenvalue weighted by Crippen LogP contribution is -2.25. The van der Waals surface area contributed by atoms with Crippen LogP contribution in [0, 0.1) is 13.8 Å². The third kappa shape index (κ3) is 5.91. The zero-order valence-corrected chi connectivity index (χ0v) is 22.1. The predicted molar refractivity (Wildman–Crippen MR) is 145 cm³/mol. The molecule has 0 radical (unpaired) electrons. The van der Waals surface area contributed by atoms with Crippen molar-refractivity contribution in [3.8, 4) is 5.75 Å². The number of nitrogens with zero attached hydrogens (tertiary/aromatic N) is 3. The van der Waals surface area contributed by atoms with E-state index >= 15 is 0 Å². The first kappa shape index (κ1) is 27.4. The molecule has 8 heteroatoms. The second-order valence-electron chi connectivity index (χ2n) is 9.35. The Balaban J connectivity index is 1.62. The molecule has 0 aliphatic carbocycles. The summed E-state index contributed by atoms with van der Waals surface area (Å²) >= 11 is 0. The van der Waals surface area contributed by atoms with Crippen molar-refractivity contribution in [2.45, 2.75) is 40.3 Å². The highest BCUT2D eigenvalue weighted by Crippen LogP contribution is 2.40. The Morgan fingerprint density at radius 2 is 1.68 bits per heavy atom. The molecule has 0 aromatic heterocycles. The fourth-order valence-corrected chi connectivity index (χ4v) is 4.70. The molecule has 0 saturated heterocycles. The van der Waals surface area contributed by atoms with Crippen LogP contribution < -0.4 is 9.64 Å².